The highest BCUT2D eigenvalue weighted by Crippen LogP contribution is 2.30. The molecule has 0 saturated heterocycles. The van der Waals surface area contributed by atoms with Crippen molar-refractivity contribution in [3.8, 4) is 0 Å². The van der Waals surface area contributed by atoms with Gasteiger partial charge >= 0.3 is 0 Å². The van der Waals surface area contributed by atoms with Crippen LogP contribution >= 0.6 is 0 Å². The van der Waals surface area contributed by atoms with Crippen molar-refractivity contribution in [2.45, 2.75) is 32.2 Å². The smallest absolute Gasteiger partial charge is 0.0482 e. The summed E-state index contributed by atoms with van der Waals surface area (Å²) in [6.45, 7) is 1.92. The molecule has 0 bridgehead atoms. The standard InChI is InChI=1S/C15H20N2/c16-9-8-14-10-13-6-1-2-7-15(13)17(14)11-12-4-3-5-12/h1-2,6-7,10,12H,3-5,8-9,11,16H2. The quantitative estimate of drug-likeness (QED) is 0.857. The van der Waals surface area contributed by atoms with Crippen LogP contribution in [0.5, 0.6) is 0 Å². The molecule has 0 atom stereocenters. The van der Waals surface area contributed by atoms with Crippen molar-refractivity contribution in [1.29, 1.82) is 0 Å². The van der Waals surface area contributed by atoms with Crippen LogP contribution in [0, 0.1) is 5.92 Å². The van der Waals surface area contributed by atoms with Crippen LogP contribution in [0.2, 0.25) is 0 Å². The second-order valence-corrected chi connectivity index (χ2v) is 5.14. The Hall–Kier alpha value is -1.28. The monoisotopic (exact) mass is 228 g/mol. The van der Waals surface area contributed by atoms with Crippen molar-refractivity contribution in [3.05, 3.63) is 36.0 Å². The molecule has 2 N–H and O–H groups in total. The summed E-state index contributed by atoms with van der Waals surface area (Å²) in [5, 5.41) is 1.36. The first-order chi connectivity index (χ1) is 8.38. The van der Waals surface area contributed by atoms with Crippen LogP contribution in [0.4, 0.5) is 0 Å². The van der Waals surface area contributed by atoms with Crippen molar-refractivity contribution < 1.29 is 0 Å². The average molecular weight is 228 g/mol. The van der Waals surface area contributed by atoms with Gasteiger partial charge < -0.3 is 10.3 Å². The molecule has 17 heavy (non-hydrogen) atoms. The Balaban J connectivity index is 2.00. The third kappa shape index (κ3) is 1.98. The number of nitrogens with zero attached hydrogens (tertiary/aromatic N) is 1. The molecule has 0 amide bonds. The molecular weight excluding hydrogens is 208 g/mol. The Morgan fingerprint density at radius 2 is 2.06 bits per heavy atom. The van der Waals surface area contributed by atoms with Crippen LogP contribution in [0.15, 0.2) is 30.3 Å². The lowest BCUT2D eigenvalue weighted by Crippen LogP contribution is -2.20. The number of fused-ring (bicyclic) bond motifs is 1. The van der Waals surface area contributed by atoms with E-state index in [2.05, 4.69) is 34.9 Å². The Kier molecular flexibility index (Phi) is 2.89. The van der Waals surface area contributed by atoms with E-state index in [1.807, 2.05) is 0 Å². The van der Waals surface area contributed by atoms with Crippen molar-refractivity contribution in [1.82, 2.24) is 4.57 Å². The maximum atomic E-state index is 5.72. The Morgan fingerprint density at radius 1 is 1.24 bits per heavy atom. The van der Waals surface area contributed by atoms with Gasteiger partial charge in [0.15, 0.2) is 0 Å². The van der Waals surface area contributed by atoms with Gasteiger partial charge in [0.2, 0.25) is 0 Å². The van der Waals surface area contributed by atoms with Gasteiger partial charge in [-0.05, 0) is 49.2 Å². The first-order valence-corrected chi connectivity index (χ1v) is 6.65. The maximum absolute atomic E-state index is 5.72. The highest BCUT2D eigenvalue weighted by molar-refractivity contribution is 5.81. The van der Waals surface area contributed by atoms with Crippen LogP contribution in [0.1, 0.15) is 25.0 Å². The fourth-order valence-electron chi connectivity index (χ4n) is 2.77. The summed E-state index contributed by atoms with van der Waals surface area (Å²) >= 11 is 0. The summed E-state index contributed by atoms with van der Waals surface area (Å²) in [4.78, 5) is 0. The van der Waals surface area contributed by atoms with Gasteiger partial charge in [-0.15, -0.1) is 0 Å². The van der Waals surface area contributed by atoms with Crippen LogP contribution in [0.3, 0.4) is 0 Å². The number of hydrogen-bond donors (Lipinski definition) is 1. The predicted molar refractivity (Wildman–Crippen MR) is 72.0 cm³/mol. The molecule has 2 nitrogen and oxygen atoms in total. The maximum Gasteiger partial charge on any atom is 0.0482 e. The first kappa shape index (κ1) is 10.8. The van der Waals surface area contributed by atoms with Crippen molar-refractivity contribution >= 4 is 10.9 Å². The number of hydrogen-bond acceptors (Lipinski definition) is 1. The third-order valence-electron chi connectivity index (χ3n) is 3.96. The molecule has 1 heterocycles. The number of rotatable bonds is 4. The van der Waals surface area contributed by atoms with Crippen molar-refractivity contribution in [2.24, 2.45) is 11.7 Å². The zero-order valence-corrected chi connectivity index (χ0v) is 10.2. The van der Waals surface area contributed by atoms with Crippen LogP contribution in [0.25, 0.3) is 10.9 Å². The van der Waals surface area contributed by atoms with Crippen LogP contribution in [-0.4, -0.2) is 11.1 Å². The number of nitrogens with two attached hydrogens (primary N) is 1. The molecule has 1 aromatic carbocycles. The lowest BCUT2D eigenvalue weighted by atomic mass is 9.85. The minimum absolute atomic E-state index is 0.737. The molecule has 1 saturated carbocycles. The first-order valence-electron chi connectivity index (χ1n) is 6.65. The highest BCUT2D eigenvalue weighted by atomic mass is 15.0. The second-order valence-electron chi connectivity index (χ2n) is 5.14. The minimum Gasteiger partial charge on any atom is -0.344 e. The predicted octanol–water partition coefficient (Wildman–Crippen LogP) is 2.94. The summed E-state index contributed by atoms with van der Waals surface area (Å²) in [6, 6.07) is 11.0. The molecule has 2 aromatic rings. The fourth-order valence-corrected chi connectivity index (χ4v) is 2.77. The van der Waals surface area contributed by atoms with Gasteiger partial charge in [0.05, 0.1) is 0 Å². The molecule has 0 aliphatic heterocycles. The molecule has 1 fully saturated rings. The number of benzene rings is 1. The Morgan fingerprint density at radius 3 is 2.76 bits per heavy atom. The summed E-state index contributed by atoms with van der Waals surface area (Å²) in [7, 11) is 0. The van der Waals surface area contributed by atoms with Gasteiger partial charge in [0.25, 0.3) is 0 Å². The molecule has 0 spiro atoms. The number of aromatic nitrogens is 1. The largest absolute Gasteiger partial charge is 0.344 e. The molecule has 0 radical (unpaired) electrons. The average Bonchev–Trinajstić information content (AvgIpc) is 2.62. The fraction of sp³-hybridized carbons (Fsp3) is 0.467. The highest BCUT2D eigenvalue weighted by Gasteiger charge is 2.19. The molecule has 1 aromatic heterocycles. The van der Waals surface area contributed by atoms with Gasteiger partial charge in [-0.3, -0.25) is 0 Å². The molecular formula is C15H20N2. The second kappa shape index (κ2) is 4.53. The topological polar surface area (TPSA) is 30.9 Å². The zero-order valence-electron chi connectivity index (χ0n) is 10.2. The number of para-hydroxylation sites is 1. The Labute approximate surface area is 102 Å². The normalized spacial score (nSPS) is 16.3. The summed E-state index contributed by atoms with van der Waals surface area (Å²) in [6.07, 6.45) is 5.20. The lowest BCUT2D eigenvalue weighted by Gasteiger charge is -2.27. The van der Waals surface area contributed by atoms with Crippen LogP contribution < -0.4 is 5.73 Å². The van der Waals surface area contributed by atoms with Gasteiger partial charge in [-0.25, -0.2) is 0 Å². The van der Waals surface area contributed by atoms with E-state index in [0.29, 0.717) is 0 Å². The molecule has 2 heteroatoms. The molecule has 90 valence electrons. The summed E-state index contributed by atoms with van der Waals surface area (Å²) < 4.78 is 2.49. The van der Waals surface area contributed by atoms with Gasteiger partial charge in [0, 0.05) is 17.8 Å². The van der Waals surface area contributed by atoms with E-state index in [9.17, 15) is 0 Å². The molecule has 1 aliphatic rings. The van der Waals surface area contributed by atoms with E-state index in [1.165, 1.54) is 42.4 Å². The van der Waals surface area contributed by atoms with Crippen molar-refractivity contribution in [3.63, 3.8) is 0 Å². The SMILES string of the molecule is NCCc1cc2ccccc2n1CC1CCC1. The summed E-state index contributed by atoms with van der Waals surface area (Å²) in [5.74, 6) is 0.891. The Bertz CT molecular complexity index is 509. The van der Waals surface area contributed by atoms with Crippen LogP contribution in [-0.2, 0) is 13.0 Å². The minimum atomic E-state index is 0.737. The lowest BCUT2D eigenvalue weighted by molar-refractivity contribution is 0.277. The van der Waals surface area contributed by atoms with E-state index >= 15 is 0 Å². The van der Waals surface area contributed by atoms with Gasteiger partial charge in [0.1, 0.15) is 0 Å². The molecule has 0 unspecified atom stereocenters. The van der Waals surface area contributed by atoms with Crippen molar-refractivity contribution in [2.75, 3.05) is 6.54 Å². The molecule has 3 rings (SSSR count). The van der Waals surface area contributed by atoms with E-state index in [0.717, 1.165) is 18.9 Å². The van der Waals surface area contributed by atoms with E-state index < -0.39 is 0 Å². The van der Waals surface area contributed by atoms with E-state index in [-0.39, 0.29) is 0 Å². The van der Waals surface area contributed by atoms with E-state index in [1.54, 1.807) is 0 Å². The third-order valence-corrected chi connectivity index (χ3v) is 3.96. The van der Waals surface area contributed by atoms with Gasteiger partial charge in [-0.2, -0.15) is 0 Å². The molecule has 1 aliphatic carbocycles. The van der Waals surface area contributed by atoms with E-state index in [4.69, 9.17) is 5.73 Å². The summed E-state index contributed by atoms with van der Waals surface area (Å²) in [5.41, 5.74) is 8.50. The zero-order chi connectivity index (χ0) is 11.7. The van der Waals surface area contributed by atoms with Gasteiger partial charge in [-0.1, -0.05) is 24.6 Å².